The van der Waals surface area contributed by atoms with Gasteiger partial charge in [0.15, 0.2) is 0 Å². The number of halogens is 3. The van der Waals surface area contributed by atoms with Crippen LogP contribution in [0.4, 0.5) is 19.0 Å². The van der Waals surface area contributed by atoms with Gasteiger partial charge in [-0.05, 0) is 25.0 Å². The van der Waals surface area contributed by atoms with Gasteiger partial charge in [-0.15, -0.1) is 0 Å². The zero-order valence-electron chi connectivity index (χ0n) is 11.2. The Labute approximate surface area is 119 Å². The number of carbonyl (C=O) groups is 1. The normalized spacial score (nSPS) is 18.4. The van der Waals surface area contributed by atoms with Gasteiger partial charge in [0.1, 0.15) is 23.6 Å². The molecule has 1 saturated heterocycles. The van der Waals surface area contributed by atoms with Crippen molar-refractivity contribution < 1.29 is 18.0 Å². The molecule has 1 aromatic heterocycles. The zero-order valence-corrected chi connectivity index (χ0v) is 11.2. The van der Waals surface area contributed by atoms with Crippen molar-refractivity contribution in [1.29, 1.82) is 5.26 Å². The molecule has 8 heteroatoms. The molecule has 1 aliphatic rings. The maximum absolute atomic E-state index is 12.8. The summed E-state index contributed by atoms with van der Waals surface area (Å²) in [6.45, 7) is 0.390. The van der Waals surface area contributed by atoms with Gasteiger partial charge in [-0.1, -0.05) is 0 Å². The number of nitrogens with zero attached hydrogens (tertiary/aromatic N) is 3. The van der Waals surface area contributed by atoms with Crippen molar-refractivity contribution in [2.45, 2.75) is 25.1 Å². The lowest BCUT2D eigenvalue weighted by Crippen LogP contribution is -2.42. The number of likely N-dealkylation sites (N-methyl/N-ethyl adjacent to an activating group) is 1. The van der Waals surface area contributed by atoms with Crippen LogP contribution < -0.4 is 10.2 Å². The molecule has 1 aromatic rings. The lowest BCUT2D eigenvalue weighted by Gasteiger charge is -2.25. The summed E-state index contributed by atoms with van der Waals surface area (Å²) in [5, 5.41) is 11.5. The van der Waals surface area contributed by atoms with Crippen LogP contribution in [0.3, 0.4) is 0 Å². The minimum atomic E-state index is -4.59. The molecule has 1 amide bonds. The summed E-state index contributed by atoms with van der Waals surface area (Å²) < 4.78 is 38.3. The fourth-order valence-electron chi connectivity index (χ4n) is 2.37. The van der Waals surface area contributed by atoms with E-state index in [0.29, 0.717) is 19.4 Å². The van der Waals surface area contributed by atoms with E-state index in [9.17, 15) is 18.0 Å². The van der Waals surface area contributed by atoms with Crippen LogP contribution in [-0.4, -0.2) is 30.5 Å². The van der Waals surface area contributed by atoms with Gasteiger partial charge in [0.2, 0.25) is 5.91 Å². The molecule has 2 rings (SSSR count). The van der Waals surface area contributed by atoms with Crippen molar-refractivity contribution >= 4 is 11.7 Å². The van der Waals surface area contributed by atoms with Crippen molar-refractivity contribution in [3.8, 4) is 6.07 Å². The molecule has 0 spiro atoms. The van der Waals surface area contributed by atoms with Crippen molar-refractivity contribution in [3.63, 3.8) is 0 Å². The lowest BCUT2D eigenvalue weighted by molar-refractivity contribution is -0.141. The number of amides is 1. The van der Waals surface area contributed by atoms with Gasteiger partial charge >= 0.3 is 6.18 Å². The number of carbonyl (C=O) groups excluding carboxylic acids is 1. The van der Waals surface area contributed by atoms with E-state index in [1.807, 2.05) is 6.07 Å². The van der Waals surface area contributed by atoms with Crippen LogP contribution in [0.1, 0.15) is 24.1 Å². The van der Waals surface area contributed by atoms with Crippen LogP contribution >= 0.6 is 0 Å². The van der Waals surface area contributed by atoms with E-state index in [0.717, 1.165) is 12.1 Å². The van der Waals surface area contributed by atoms with E-state index in [1.54, 1.807) is 0 Å². The van der Waals surface area contributed by atoms with E-state index in [-0.39, 0.29) is 17.3 Å². The molecule has 21 heavy (non-hydrogen) atoms. The second kappa shape index (κ2) is 5.60. The van der Waals surface area contributed by atoms with Gasteiger partial charge in [-0.25, -0.2) is 4.98 Å². The standard InChI is InChI=1S/C13H13F3N4O/c1-18-12(21)9-3-2-6-20(9)11-8(7-17)4-5-10(19-11)13(14,15)16/h4-5,9H,2-3,6H2,1H3,(H,18,21). The Hall–Kier alpha value is -2.30. The average molecular weight is 298 g/mol. The molecule has 2 heterocycles. The van der Waals surface area contributed by atoms with Crippen LogP contribution in [0.15, 0.2) is 12.1 Å². The number of hydrogen-bond acceptors (Lipinski definition) is 4. The molecule has 0 aliphatic carbocycles. The summed E-state index contributed by atoms with van der Waals surface area (Å²) in [6, 6.07) is 3.08. The molecule has 1 atom stereocenters. The Balaban J connectivity index is 2.46. The first-order valence-corrected chi connectivity index (χ1v) is 6.35. The molecule has 0 radical (unpaired) electrons. The maximum Gasteiger partial charge on any atom is 0.433 e. The summed E-state index contributed by atoms with van der Waals surface area (Å²) in [5.74, 6) is -0.381. The number of hydrogen-bond donors (Lipinski definition) is 1. The monoisotopic (exact) mass is 298 g/mol. The second-order valence-electron chi connectivity index (χ2n) is 4.64. The fraction of sp³-hybridized carbons (Fsp3) is 0.462. The molecule has 0 saturated carbocycles. The first-order valence-electron chi connectivity index (χ1n) is 6.35. The number of alkyl halides is 3. The highest BCUT2D eigenvalue weighted by Crippen LogP contribution is 2.32. The maximum atomic E-state index is 12.8. The Bertz CT molecular complexity index is 594. The second-order valence-corrected chi connectivity index (χ2v) is 4.64. The van der Waals surface area contributed by atoms with Crippen LogP contribution in [-0.2, 0) is 11.0 Å². The number of anilines is 1. The molecule has 1 aliphatic heterocycles. The van der Waals surface area contributed by atoms with E-state index in [4.69, 9.17) is 5.26 Å². The topological polar surface area (TPSA) is 69.0 Å². The van der Waals surface area contributed by atoms with Crippen molar-refractivity contribution in [1.82, 2.24) is 10.3 Å². The molecule has 5 nitrogen and oxygen atoms in total. The van der Waals surface area contributed by atoms with E-state index in [1.165, 1.54) is 11.9 Å². The summed E-state index contributed by atoms with van der Waals surface area (Å²) in [5.41, 5.74) is -1.04. The molecule has 1 fully saturated rings. The van der Waals surface area contributed by atoms with Crippen LogP contribution in [0.2, 0.25) is 0 Å². The third-order valence-corrected chi connectivity index (χ3v) is 3.36. The molecule has 0 aromatic carbocycles. The average Bonchev–Trinajstić information content (AvgIpc) is 2.94. The summed E-state index contributed by atoms with van der Waals surface area (Å²) in [4.78, 5) is 16.8. The van der Waals surface area contributed by atoms with Crippen LogP contribution in [0, 0.1) is 11.3 Å². The number of aromatic nitrogens is 1. The first kappa shape index (κ1) is 15.1. The van der Waals surface area contributed by atoms with Gasteiger partial charge in [-0.3, -0.25) is 4.79 Å². The molecule has 112 valence electrons. The zero-order chi connectivity index (χ0) is 15.6. The molecule has 1 unspecified atom stereocenters. The molecule has 1 N–H and O–H groups in total. The third-order valence-electron chi connectivity index (χ3n) is 3.36. The van der Waals surface area contributed by atoms with E-state index in [2.05, 4.69) is 10.3 Å². The largest absolute Gasteiger partial charge is 0.433 e. The fourth-order valence-corrected chi connectivity index (χ4v) is 2.37. The highest BCUT2D eigenvalue weighted by molar-refractivity contribution is 5.85. The molecular formula is C13H13F3N4O. The van der Waals surface area contributed by atoms with Crippen LogP contribution in [0.5, 0.6) is 0 Å². The van der Waals surface area contributed by atoms with Crippen molar-refractivity contribution in [3.05, 3.63) is 23.4 Å². The minimum Gasteiger partial charge on any atom is -0.357 e. The number of nitriles is 1. The quantitative estimate of drug-likeness (QED) is 0.902. The highest BCUT2D eigenvalue weighted by atomic mass is 19.4. The Kier molecular flexibility index (Phi) is 4.02. The molecular weight excluding hydrogens is 285 g/mol. The SMILES string of the molecule is CNC(=O)C1CCCN1c1nc(C(F)(F)F)ccc1C#N. The smallest absolute Gasteiger partial charge is 0.357 e. The van der Waals surface area contributed by atoms with E-state index < -0.39 is 17.9 Å². The van der Waals surface area contributed by atoms with Crippen molar-refractivity contribution in [2.75, 3.05) is 18.5 Å². The predicted molar refractivity (Wildman–Crippen MR) is 68.4 cm³/mol. The van der Waals surface area contributed by atoms with Gasteiger partial charge in [0.25, 0.3) is 0 Å². The minimum absolute atomic E-state index is 0.0267. The summed E-state index contributed by atoms with van der Waals surface area (Å²) in [6.07, 6.45) is -3.42. The first-order chi connectivity index (χ1) is 9.88. The lowest BCUT2D eigenvalue weighted by atomic mass is 10.2. The summed E-state index contributed by atoms with van der Waals surface area (Å²) in [7, 11) is 1.46. The van der Waals surface area contributed by atoms with Gasteiger partial charge in [-0.2, -0.15) is 18.4 Å². The van der Waals surface area contributed by atoms with E-state index >= 15 is 0 Å². The highest BCUT2D eigenvalue weighted by Gasteiger charge is 2.36. The Morgan fingerprint density at radius 2 is 2.24 bits per heavy atom. The van der Waals surface area contributed by atoms with Crippen molar-refractivity contribution in [2.24, 2.45) is 0 Å². The number of pyridine rings is 1. The molecule has 0 bridgehead atoms. The Morgan fingerprint density at radius 3 is 2.81 bits per heavy atom. The van der Waals surface area contributed by atoms with Gasteiger partial charge < -0.3 is 10.2 Å². The van der Waals surface area contributed by atoms with Gasteiger partial charge in [0, 0.05) is 13.6 Å². The third kappa shape index (κ3) is 2.91. The number of nitrogens with one attached hydrogen (secondary N) is 1. The van der Waals surface area contributed by atoms with Gasteiger partial charge in [0.05, 0.1) is 5.56 Å². The predicted octanol–water partition coefficient (Wildman–Crippen LogP) is 1.69. The summed E-state index contributed by atoms with van der Waals surface area (Å²) >= 11 is 0. The Morgan fingerprint density at radius 1 is 1.52 bits per heavy atom. The van der Waals surface area contributed by atoms with Crippen LogP contribution in [0.25, 0.3) is 0 Å². The number of rotatable bonds is 2.